The van der Waals surface area contributed by atoms with Gasteiger partial charge in [-0.3, -0.25) is 4.99 Å². The molecule has 138 valence electrons. The highest BCUT2D eigenvalue weighted by Gasteiger charge is 2.10. The number of nitrogens with one attached hydrogen (secondary N) is 1. The summed E-state index contributed by atoms with van der Waals surface area (Å²) in [6.45, 7) is 9.19. The molecule has 26 heavy (non-hydrogen) atoms. The molecule has 0 fully saturated rings. The van der Waals surface area contributed by atoms with E-state index in [0.29, 0.717) is 24.7 Å². The molecule has 0 aliphatic carbocycles. The number of nitrogen functional groups attached to an aromatic ring is 1. The highest BCUT2D eigenvalue weighted by atomic mass is 16.5. The second-order valence-electron chi connectivity index (χ2n) is 6.04. The second-order valence-corrected chi connectivity index (χ2v) is 6.04. The van der Waals surface area contributed by atoms with Crippen LogP contribution in [0.25, 0.3) is 12.7 Å². The van der Waals surface area contributed by atoms with E-state index >= 15 is 0 Å². The number of anilines is 2. The molecule has 0 radical (unpaired) electrons. The van der Waals surface area contributed by atoms with Crippen molar-refractivity contribution in [2.45, 2.75) is 32.7 Å². The largest absolute Gasteiger partial charge is 0.486 e. The average molecular weight is 353 g/mol. The lowest BCUT2D eigenvalue weighted by molar-refractivity contribution is 0.327. The Kier molecular flexibility index (Phi) is 7.61. The van der Waals surface area contributed by atoms with Crippen LogP contribution in [0.4, 0.5) is 11.8 Å². The first-order chi connectivity index (χ1) is 12.6. The molecule has 1 aromatic heterocycles. The molecule has 0 bridgehead atoms. The molecule has 0 spiro atoms. The summed E-state index contributed by atoms with van der Waals surface area (Å²) in [5.74, 6) is 1.44. The molecule has 1 aromatic carbocycles. The van der Waals surface area contributed by atoms with Gasteiger partial charge in [0.05, 0.1) is 12.7 Å². The minimum absolute atomic E-state index is 0.225. The van der Waals surface area contributed by atoms with Crippen LogP contribution in [0.1, 0.15) is 26.7 Å². The van der Waals surface area contributed by atoms with E-state index in [9.17, 15) is 0 Å². The number of benzene rings is 1. The van der Waals surface area contributed by atoms with Gasteiger partial charge in [0.15, 0.2) is 11.6 Å². The Hall–Kier alpha value is -2.89. The van der Waals surface area contributed by atoms with E-state index < -0.39 is 0 Å². The van der Waals surface area contributed by atoms with Gasteiger partial charge in [0.1, 0.15) is 6.61 Å². The van der Waals surface area contributed by atoms with Crippen molar-refractivity contribution < 1.29 is 4.74 Å². The van der Waals surface area contributed by atoms with Gasteiger partial charge in [0.25, 0.3) is 0 Å². The molecule has 0 aliphatic rings. The predicted molar refractivity (Wildman–Crippen MR) is 109 cm³/mol. The summed E-state index contributed by atoms with van der Waals surface area (Å²) in [5.41, 5.74) is 5.69. The van der Waals surface area contributed by atoms with Gasteiger partial charge in [-0.2, -0.15) is 4.98 Å². The third-order valence-electron chi connectivity index (χ3n) is 3.77. The van der Waals surface area contributed by atoms with Gasteiger partial charge in [-0.15, -0.1) is 0 Å². The van der Waals surface area contributed by atoms with Crippen LogP contribution in [-0.4, -0.2) is 35.4 Å². The van der Waals surface area contributed by atoms with Crippen molar-refractivity contribution in [2.75, 3.05) is 24.2 Å². The zero-order chi connectivity index (χ0) is 18.8. The van der Waals surface area contributed by atoms with Crippen molar-refractivity contribution in [3.05, 3.63) is 40.9 Å². The number of nitrogens with zero attached hydrogens (tertiary/aromatic N) is 3. The lowest BCUT2D eigenvalue weighted by Gasteiger charge is -2.16. The molecule has 1 heterocycles. The van der Waals surface area contributed by atoms with Crippen molar-refractivity contribution in [3.63, 3.8) is 0 Å². The lowest BCUT2D eigenvalue weighted by Crippen LogP contribution is -2.21. The summed E-state index contributed by atoms with van der Waals surface area (Å²) in [6.07, 6.45) is 7.44. The fraction of sp³-hybridized carbons (Fsp3) is 0.350. The van der Waals surface area contributed by atoms with E-state index in [1.165, 1.54) is 0 Å². The number of hydrogen-bond acceptors (Lipinski definition) is 6. The van der Waals surface area contributed by atoms with Gasteiger partial charge in [-0.05, 0) is 29.9 Å². The maximum absolute atomic E-state index is 5.76. The fourth-order valence-electron chi connectivity index (χ4n) is 2.44. The van der Waals surface area contributed by atoms with Crippen molar-refractivity contribution in [2.24, 2.45) is 4.99 Å². The van der Waals surface area contributed by atoms with Crippen molar-refractivity contribution in [3.8, 4) is 5.75 Å². The van der Waals surface area contributed by atoms with E-state index in [2.05, 4.69) is 40.7 Å². The number of nitrogens with two attached hydrogens (primary N) is 1. The maximum atomic E-state index is 5.76. The molecule has 1 unspecified atom stereocenters. The van der Waals surface area contributed by atoms with Crippen LogP contribution in [0.2, 0.25) is 0 Å². The maximum Gasteiger partial charge on any atom is 0.222 e. The molecule has 0 saturated carbocycles. The zero-order valence-electron chi connectivity index (χ0n) is 15.5. The Morgan fingerprint density at radius 2 is 2.19 bits per heavy atom. The minimum Gasteiger partial charge on any atom is -0.486 e. The quantitative estimate of drug-likeness (QED) is 0.532. The third kappa shape index (κ3) is 6.20. The number of hydrogen-bond donors (Lipinski definition) is 2. The molecule has 0 aliphatic heterocycles. The van der Waals surface area contributed by atoms with E-state index in [1.54, 1.807) is 12.4 Å². The number of aromatic nitrogens is 2. The average Bonchev–Trinajstić information content (AvgIpc) is 2.61. The fourth-order valence-corrected chi connectivity index (χ4v) is 2.44. The first-order valence-electron chi connectivity index (χ1n) is 8.86. The molecule has 3 N–H and O–H groups in total. The van der Waals surface area contributed by atoms with Crippen molar-refractivity contribution in [1.29, 1.82) is 0 Å². The molecular formula is C20H27N5O. The summed E-state index contributed by atoms with van der Waals surface area (Å²) < 4.78 is 5.76. The van der Waals surface area contributed by atoms with Gasteiger partial charge >= 0.3 is 0 Å². The highest BCUT2D eigenvalue weighted by molar-refractivity contribution is 5.90. The Morgan fingerprint density at radius 3 is 2.96 bits per heavy atom. The van der Waals surface area contributed by atoms with Crippen LogP contribution < -0.4 is 26.2 Å². The summed E-state index contributed by atoms with van der Waals surface area (Å²) in [5, 5.41) is 5.36. The van der Waals surface area contributed by atoms with Crippen LogP contribution in [0.3, 0.4) is 0 Å². The summed E-state index contributed by atoms with van der Waals surface area (Å²) >= 11 is 0. The van der Waals surface area contributed by atoms with Gasteiger partial charge in [-0.25, -0.2) is 4.98 Å². The van der Waals surface area contributed by atoms with E-state index in [0.717, 1.165) is 23.3 Å². The van der Waals surface area contributed by atoms with E-state index in [1.807, 2.05) is 30.3 Å². The summed E-state index contributed by atoms with van der Waals surface area (Å²) in [6, 6.07) is 8.20. The second kappa shape index (κ2) is 10.2. The number of rotatable bonds is 9. The van der Waals surface area contributed by atoms with Crippen molar-refractivity contribution in [1.82, 2.24) is 9.97 Å². The number of aliphatic imine (C=N–C) groups is 1. The van der Waals surface area contributed by atoms with Crippen molar-refractivity contribution >= 4 is 30.6 Å². The van der Waals surface area contributed by atoms with Crippen LogP contribution in [-0.2, 0) is 0 Å². The monoisotopic (exact) mass is 353 g/mol. The number of ether oxygens (including phenoxy) is 1. The normalized spacial score (nSPS) is 13.1. The zero-order valence-corrected chi connectivity index (χ0v) is 15.5. The SMILES string of the molecule is C=c1cccc/c1=C/C=NCCOc1cnc(N)nc1NC(C)CCC. The smallest absolute Gasteiger partial charge is 0.222 e. The Balaban J connectivity index is 1.91. The molecule has 6 nitrogen and oxygen atoms in total. The molecular weight excluding hydrogens is 326 g/mol. The summed E-state index contributed by atoms with van der Waals surface area (Å²) in [7, 11) is 0. The van der Waals surface area contributed by atoms with Crippen LogP contribution in [0, 0.1) is 0 Å². The van der Waals surface area contributed by atoms with E-state index in [4.69, 9.17) is 10.5 Å². The van der Waals surface area contributed by atoms with Crippen LogP contribution >= 0.6 is 0 Å². The third-order valence-corrected chi connectivity index (χ3v) is 3.77. The first kappa shape index (κ1) is 19.4. The van der Waals surface area contributed by atoms with Crippen LogP contribution in [0.5, 0.6) is 5.75 Å². The molecule has 1 atom stereocenters. The Bertz CT molecular complexity index is 834. The molecule has 0 amide bonds. The first-order valence-corrected chi connectivity index (χ1v) is 8.86. The minimum atomic E-state index is 0.225. The van der Waals surface area contributed by atoms with E-state index in [-0.39, 0.29) is 12.0 Å². The van der Waals surface area contributed by atoms with Gasteiger partial charge in [0, 0.05) is 12.3 Å². The standard InChI is InChI=1S/C20H27N5O/c1-4-7-16(3)24-19-18(14-23-20(21)25-19)26-13-12-22-11-10-17-9-6-5-8-15(17)2/h5-6,8-11,14,16H,2,4,7,12-13H2,1,3H3,(H3,21,23,24,25)/b17-10-,22-11?. The molecule has 0 saturated heterocycles. The molecule has 6 heteroatoms. The molecule has 2 rings (SSSR count). The van der Waals surface area contributed by atoms with Gasteiger partial charge in [0.2, 0.25) is 5.95 Å². The van der Waals surface area contributed by atoms with Gasteiger partial charge in [-0.1, -0.05) is 44.2 Å². The summed E-state index contributed by atoms with van der Waals surface area (Å²) in [4.78, 5) is 12.6. The Morgan fingerprint density at radius 1 is 1.38 bits per heavy atom. The molecule has 2 aromatic rings. The highest BCUT2D eigenvalue weighted by Crippen LogP contribution is 2.22. The lowest BCUT2D eigenvalue weighted by atomic mass is 10.2. The van der Waals surface area contributed by atoms with Gasteiger partial charge < -0.3 is 15.8 Å². The van der Waals surface area contributed by atoms with Crippen LogP contribution in [0.15, 0.2) is 35.5 Å². The topological polar surface area (TPSA) is 85.4 Å². The predicted octanol–water partition coefficient (Wildman–Crippen LogP) is 2.00. The Labute approximate surface area is 154 Å².